The Balaban J connectivity index is 1.47. The van der Waals surface area contributed by atoms with Crippen LogP contribution in [0.1, 0.15) is 40.3 Å². The topological polar surface area (TPSA) is 58.4 Å². The van der Waals surface area contributed by atoms with Gasteiger partial charge in [0.25, 0.3) is 5.91 Å². The Labute approximate surface area is 177 Å². The number of rotatable bonds is 9. The summed E-state index contributed by atoms with van der Waals surface area (Å²) in [7, 11) is 0. The van der Waals surface area contributed by atoms with Crippen molar-refractivity contribution in [3.8, 4) is 0 Å². The van der Waals surface area contributed by atoms with Gasteiger partial charge in [0, 0.05) is 31.3 Å². The predicted octanol–water partition coefficient (Wildman–Crippen LogP) is 4.43. The van der Waals surface area contributed by atoms with Crippen LogP contribution in [0.3, 0.4) is 0 Å². The van der Waals surface area contributed by atoms with Crippen molar-refractivity contribution in [2.75, 3.05) is 6.54 Å². The van der Waals surface area contributed by atoms with Crippen molar-refractivity contribution in [1.82, 2.24) is 15.2 Å². The fourth-order valence-electron chi connectivity index (χ4n) is 3.24. The van der Waals surface area contributed by atoms with E-state index in [0.29, 0.717) is 30.5 Å². The van der Waals surface area contributed by atoms with Crippen LogP contribution in [-0.2, 0) is 19.6 Å². The van der Waals surface area contributed by atoms with E-state index in [1.807, 2.05) is 4.90 Å². The van der Waals surface area contributed by atoms with E-state index in [4.69, 9.17) is 4.42 Å². The average Bonchev–Trinajstić information content (AvgIpc) is 3.46. The molecule has 2 aromatic carbocycles. The minimum absolute atomic E-state index is 0.148. The van der Waals surface area contributed by atoms with Crippen molar-refractivity contribution in [3.63, 3.8) is 0 Å². The number of halogens is 3. The number of hydrogen-bond donors (Lipinski definition) is 1. The highest BCUT2D eigenvalue weighted by atomic mass is 19.1. The van der Waals surface area contributed by atoms with Gasteiger partial charge in [0.15, 0.2) is 5.69 Å². The first kappa shape index (κ1) is 21.1. The number of benzene rings is 2. The third kappa shape index (κ3) is 5.95. The van der Waals surface area contributed by atoms with E-state index < -0.39 is 11.6 Å². The minimum atomic E-state index is -0.656. The summed E-state index contributed by atoms with van der Waals surface area (Å²) >= 11 is 0. The molecule has 0 aliphatic heterocycles. The maximum absolute atomic E-state index is 14.2. The quantitative estimate of drug-likeness (QED) is 0.547. The molecule has 1 fully saturated rings. The van der Waals surface area contributed by atoms with Crippen LogP contribution in [0, 0.1) is 23.4 Å². The highest BCUT2D eigenvalue weighted by molar-refractivity contribution is 5.91. The van der Waals surface area contributed by atoms with Gasteiger partial charge in [-0.25, -0.2) is 18.2 Å². The Hall–Kier alpha value is -3.13. The first-order valence-electron chi connectivity index (χ1n) is 10.1. The molecule has 1 N–H and O–H groups in total. The Bertz CT molecular complexity index is 1050. The predicted molar refractivity (Wildman–Crippen MR) is 107 cm³/mol. The number of nitrogens with zero attached hydrogens (tertiary/aromatic N) is 2. The molecule has 3 aromatic rings. The van der Waals surface area contributed by atoms with E-state index in [-0.39, 0.29) is 30.5 Å². The molecule has 1 amide bonds. The van der Waals surface area contributed by atoms with Crippen LogP contribution in [0.2, 0.25) is 0 Å². The fourth-order valence-corrected chi connectivity index (χ4v) is 3.24. The third-order valence-corrected chi connectivity index (χ3v) is 5.12. The van der Waals surface area contributed by atoms with E-state index in [1.165, 1.54) is 30.5 Å². The number of nitrogens with one attached hydrogen (secondary N) is 1. The second kappa shape index (κ2) is 9.34. The van der Waals surface area contributed by atoms with Crippen LogP contribution in [0.25, 0.3) is 0 Å². The lowest BCUT2D eigenvalue weighted by molar-refractivity contribution is 0.0946. The van der Waals surface area contributed by atoms with Crippen molar-refractivity contribution in [2.45, 2.75) is 32.5 Å². The molecule has 31 heavy (non-hydrogen) atoms. The minimum Gasteiger partial charge on any atom is -0.447 e. The van der Waals surface area contributed by atoms with E-state index in [0.717, 1.165) is 24.5 Å². The molecule has 4 rings (SSSR count). The smallest absolute Gasteiger partial charge is 0.273 e. The zero-order valence-electron chi connectivity index (χ0n) is 16.8. The van der Waals surface area contributed by atoms with Crippen molar-refractivity contribution in [2.24, 2.45) is 5.92 Å². The summed E-state index contributed by atoms with van der Waals surface area (Å²) in [5, 5.41) is 2.83. The third-order valence-electron chi connectivity index (χ3n) is 5.12. The number of oxazole rings is 1. The average molecular weight is 429 g/mol. The molecule has 162 valence electrons. The first-order valence-corrected chi connectivity index (χ1v) is 10.1. The number of carbonyl (C=O) groups excluding carboxylic acids is 1. The molecule has 1 aromatic heterocycles. The zero-order valence-corrected chi connectivity index (χ0v) is 16.8. The molecular formula is C23H22F3N3O2. The van der Waals surface area contributed by atoms with Gasteiger partial charge < -0.3 is 9.73 Å². The van der Waals surface area contributed by atoms with Gasteiger partial charge in [-0.1, -0.05) is 18.2 Å². The highest BCUT2D eigenvalue weighted by Crippen LogP contribution is 2.27. The van der Waals surface area contributed by atoms with Crippen molar-refractivity contribution in [1.29, 1.82) is 0 Å². The number of carbonyl (C=O) groups is 1. The standard InChI is InChI=1S/C23H22F3N3O2/c24-18-6-3-16(4-7-18)11-29(12-17-5-8-19(25)9-20(17)26)13-22-28-21(14-31-22)23(30)27-10-15-1-2-15/h3-9,14-15H,1-2,10-13H2,(H,27,30). The van der Waals surface area contributed by atoms with Gasteiger partial charge in [-0.3, -0.25) is 9.69 Å². The molecule has 0 saturated heterocycles. The molecular weight excluding hydrogens is 407 g/mol. The van der Waals surface area contributed by atoms with Gasteiger partial charge in [-0.05, 0) is 42.5 Å². The van der Waals surface area contributed by atoms with Crippen molar-refractivity contribution < 1.29 is 22.4 Å². The van der Waals surface area contributed by atoms with Crippen molar-refractivity contribution in [3.05, 3.63) is 88.9 Å². The molecule has 5 nitrogen and oxygen atoms in total. The monoisotopic (exact) mass is 429 g/mol. The summed E-state index contributed by atoms with van der Waals surface area (Å²) in [4.78, 5) is 18.3. The maximum atomic E-state index is 14.2. The number of hydrogen-bond acceptors (Lipinski definition) is 4. The van der Waals surface area contributed by atoms with E-state index in [2.05, 4.69) is 10.3 Å². The van der Waals surface area contributed by atoms with Crippen molar-refractivity contribution >= 4 is 5.91 Å². The molecule has 1 aliphatic carbocycles. The summed E-state index contributed by atoms with van der Waals surface area (Å²) in [6.07, 6.45) is 3.55. The van der Waals surface area contributed by atoms with Gasteiger partial charge in [0.05, 0.1) is 6.54 Å². The molecule has 1 aliphatic rings. The van der Waals surface area contributed by atoms with Gasteiger partial charge in [0.2, 0.25) is 5.89 Å². The molecule has 0 bridgehead atoms. The van der Waals surface area contributed by atoms with E-state index in [9.17, 15) is 18.0 Å². The largest absolute Gasteiger partial charge is 0.447 e. The Morgan fingerprint density at radius 1 is 1.03 bits per heavy atom. The maximum Gasteiger partial charge on any atom is 0.273 e. The number of amides is 1. The van der Waals surface area contributed by atoms with Crippen LogP contribution in [0.15, 0.2) is 53.1 Å². The van der Waals surface area contributed by atoms with E-state index >= 15 is 0 Å². The second-order valence-corrected chi connectivity index (χ2v) is 7.79. The van der Waals surface area contributed by atoms with Crippen LogP contribution >= 0.6 is 0 Å². The van der Waals surface area contributed by atoms with Gasteiger partial charge in [0.1, 0.15) is 23.7 Å². The second-order valence-electron chi connectivity index (χ2n) is 7.79. The summed E-state index contributed by atoms with van der Waals surface area (Å²) in [6, 6.07) is 9.37. The molecule has 1 saturated carbocycles. The van der Waals surface area contributed by atoms with Gasteiger partial charge >= 0.3 is 0 Å². The molecule has 0 unspecified atom stereocenters. The lowest BCUT2D eigenvalue weighted by Gasteiger charge is -2.21. The Kier molecular flexibility index (Phi) is 6.36. The van der Waals surface area contributed by atoms with Crippen LogP contribution in [-0.4, -0.2) is 22.3 Å². The van der Waals surface area contributed by atoms with Crippen LogP contribution in [0.5, 0.6) is 0 Å². The lowest BCUT2D eigenvalue weighted by atomic mass is 10.1. The Morgan fingerprint density at radius 2 is 1.77 bits per heavy atom. The van der Waals surface area contributed by atoms with Gasteiger partial charge in [-0.2, -0.15) is 0 Å². The SMILES string of the molecule is O=C(NCC1CC1)c1coc(CN(Cc2ccc(F)cc2)Cc2ccc(F)cc2F)n1. The van der Waals surface area contributed by atoms with E-state index in [1.54, 1.807) is 12.1 Å². The first-order chi connectivity index (χ1) is 15.0. The van der Waals surface area contributed by atoms with Crippen LogP contribution < -0.4 is 5.32 Å². The van der Waals surface area contributed by atoms with Crippen LogP contribution in [0.4, 0.5) is 13.2 Å². The summed E-state index contributed by atoms with van der Waals surface area (Å²) < 4.78 is 46.2. The van der Waals surface area contributed by atoms with Gasteiger partial charge in [-0.15, -0.1) is 0 Å². The molecule has 8 heteroatoms. The summed E-state index contributed by atoms with van der Waals surface area (Å²) in [5.41, 5.74) is 1.29. The highest BCUT2D eigenvalue weighted by Gasteiger charge is 2.23. The summed E-state index contributed by atoms with van der Waals surface area (Å²) in [5.74, 6) is -1.11. The molecule has 0 atom stereocenters. The summed E-state index contributed by atoms with van der Waals surface area (Å²) in [6.45, 7) is 1.31. The molecule has 0 radical (unpaired) electrons. The number of aromatic nitrogens is 1. The molecule has 0 spiro atoms. The zero-order chi connectivity index (χ0) is 21.8. The normalized spacial score (nSPS) is 13.5. The molecule has 1 heterocycles. The Morgan fingerprint density at radius 3 is 2.48 bits per heavy atom. The fraction of sp³-hybridized carbons (Fsp3) is 0.304. The lowest BCUT2D eigenvalue weighted by Crippen LogP contribution is -2.26.